The van der Waals surface area contributed by atoms with E-state index in [4.69, 9.17) is 0 Å². The molecular formula is C15H18N2O2. The Balaban J connectivity index is 2.54. The number of rotatable bonds is 4. The molecule has 1 aromatic heterocycles. The van der Waals surface area contributed by atoms with Crippen molar-refractivity contribution < 1.29 is 9.90 Å². The second-order valence-corrected chi connectivity index (χ2v) is 5.16. The van der Waals surface area contributed by atoms with E-state index in [2.05, 4.69) is 18.9 Å². The van der Waals surface area contributed by atoms with E-state index < -0.39 is 5.97 Å². The standard InChI is InChI=1S/C15H18N2O2/c1-10(2)7-14-13(15(18)19)9-16-17(14)12-6-4-5-11(3)8-12/h4-6,8-10H,7H2,1-3H3,(H,18,19). The van der Waals surface area contributed by atoms with Crippen molar-refractivity contribution in [3.8, 4) is 5.69 Å². The second-order valence-electron chi connectivity index (χ2n) is 5.16. The van der Waals surface area contributed by atoms with Gasteiger partial charge in [0.05, 0.1) is 17.6 Å². The molecule has 0 saturated heterocycles. The number of carbonyl (C=O) groups is 1. The van der Waals surface area contributed by atoms with Crippen LogP contribution < -0.4 is 0 Å². The van der Waals surface area contributed by atoms with Crippen LogP contribution in [0.15, 0.2) is 30.5 Å². The zero-order valence-corrected chi connectivity index (χ0v) is 11.4. The number of aromatic carboxylic acids is 1. The lowest BCUT2D eigenvalue weighted by Crippen LogP contribution is -2.09. The Labute approximate surface area is 112 Å². The molecule has 2 rings (SSSR count). The molecule has 19 heavy (non-hydrogen) atoms. The quantitative estimate of drug-likeness (QED) is 0.916. The third-order valence-electron chi connectivity index (χ3n) is 2.95. The Kier molecular flexibility index (Phi) is 3.69. The number of aryl methyl sites for hydroxylation is 1. The van der Waals surface area contributed by atoms with Gasteiger partial charge in [0.2, 0.25) is 0 Å². The highest BCUT2D eigenvalue weighted by Gasteiger charge is 2.18. The fourth-order valence-electron chi connectivity index (χ4n) is 2.12. The summed E-state index contributed by atoms with van der Waals surface area (Å²) in [5.74, 6) is -0.548. The summed E-state index contributed by atoms with van der Waals surface area (Å²) in [5.41, 5.74) is 3.08. The van der Waals surface area contributed by atoms with Gasteiger partial charge in [0.15, 0.2) is 0 Å². The molecule has 0 fully saturated rings. The third-order valence-corrected chi connectivity index (χ3v) is 2.95. The Bertz CT molecular complexity index is 600. The Morgan fingerprint density at radius 3 is 2.74 bits per heavy atom. The SMILES string of the molecule is Cc1cccc(-n2ncc(C(=O)O)c2CC(C)C)c1. The van der Waals surface area contributed by atoms with Crippen LogP contribution in [0, 0.1) is 12.8 Å². The molecule has 1 aromatic carbocycles. The molecule has 0 atom stereocenters. The minimum Gasteiger partial charge on any atom is -0.478 e. The number of carboxylic acids is 1. The molecule has 1 N–H and O–H groups in total. The predicted octanol–water partition coefficient (Wildman–Crippen LogP) is 3.08. The third kappa shape index (κ3) is 2.84. The topological polar surface area (TPSA) is 55.1 Å². The predicted molar refractivity (Wildman–Crippen MR) is 73.8 cm³/mol. The fraction of sp³-hybridized carbons (Fsp3) is 0.333. The lowest BCUT2D eigenvalue weighted by atomic mass is 10.0. The van der Waals surface area contributed by atoms with Gasteiger partial charge in [-0.2, -0.15) is 5.10 Å². The highest BCUT2D eigenvalue weighted by Crippen LogP contribution is 2.19. The summed E-state index contributed by atoms with van der Waals surface area (Å²) in [6.45, 7) is 6.14. The van der Waals surface area contributed by atoms with E-state index in [1.54, 1.807) is 4.68 Å². The van der Waals surface area contributed by atoms with Gasteiger partial charge in [-0.05, 0) is 37.0 Å². The smallest absolute Gasteiger partial charge is 0.339 e. The van der Waals surface area contributed by atoms with E-state index in [-0.39, 0.29) is 5.56 Å². The molecule has 0 aliphatic heterocycles. The molecule has 1 heterocycles. The summed E-state index contributed by atoms with van der Waals surface area (Å²) >= 11 is 0. The van der Waals surface area contributed by atoms with E-state index >= 15 is 0 Å². The van der Waals surface area contributed by atoms with Crippen molar-refractivity contribution in [1.29, 1.82) is 0 Å². The van der Waals surface area contributed by atoms with E-state index in [0.29, 0.717) is 12.3 Å². The molecule has 0 bridgehead atoms. The van der Waals surface area contributed by atoms with E-state index in [0.717, 1.165) is 16.9 Å². The highest BCUT2D eigenvalue weighted by atomic mass is 16.4. The maximum atomic E-state index is 11.3. The summed E-state index contributed by atoms with van der Waals surface area (Å²) in [6, 6.07) is 7.90. The van der Waals surface area contributed by atoms with Gasteiger partial charge in [-0.15, -0.1) is 0 Å². The first kappa shape index (κ1) is 13.3. The molecule has 0 saturated carbocycles. The van der Waals surface area contributed by atoms with Crippen molar-refractivity contribution in [3.63, 3.8) is 0 Å². The number of carboxylic acid groups (broad SMARTS) is 1. The van der Waals surface area contributed by atoms with Crippen molar-refractivity contribution in [1.82, 2.24) is 9.78 Å². The second kappa shape index (κ2) is 5.26. The molecule has 2 aromatic rings. The molecule has 100 valence electrons. The van der Waals surface area contributed by atoms with Crippen LogP contribution in [0.1, 0.15) is 35.5 Å². The van der Waals surface area contributed by atoms with Gasteiger partial charge in [-0.25, -0.2) is 9.48 Å². The summed E-state index contributed by atoms with van der Waals surface area (Å²) in [4.78, 5) is 11.3. The van der Waals surface area contributed by atoms with Crippen LogP contribution >= 0.6 is 0 Å². The molecule has 0 radical (unpaired) electrons. The molecule has 0 spiro atoms. The van der Waals surface area contributed by atoms with Crippen LogP contribution in [-0.4, -0.2) is 20.9 Å². The van der Waals surface area contributed by atoms with Crippen molar-refractivity contribution >= 4 is 5.97 Å². The molecular weight excluding hydrogens is 240 g/mol. The van der Waals surface area contributed by atoms with Crippen LogP contribution in [0.5, 0.6) is 0 Å². The largest absolute Gasteiger partial charge is 0.478 e. The van der Waals surface area contributed by atoms with Gasteiger partial charge in [0.25, 0.3) is 0 Å². The van der Waals surface area contributed by atoms with E-state index in [9.17, 15) is 9.90 Å². The fourth-order valence-corrected chi connectivity index (χ4v) is 2.12. The number of benzene rings is 1. The van der Waals surface area contributed by atoms with Gasteiger partial charge in [-0.1, -0.05) is 26.0 Å². The molecule has 4 nitrogen and oxygen atoms in total. The van der Waals surface area contributed by atoms with Gasteiger partial charge in [0.1, 0.15) is 5.56 Å². The van der Waals surface area contributed by atoms with Crippen LogP contribution in [0.25, 0.3) is 5.69 Å². The van der Waals surface area contributed by atoms with Gasteiger partial charge < -0.3 is 5.11 Å². The Morgan fingerprint density at radius 1 is 1.42 bits per heavy atom. The molecule has 4 heteroatoms. The summed E-state index contributed by atoms with van der Waals surface area (Å²) in [5, 5.41) is 13.5. The first-order chi connectivity index (χ1) is 8.99. The zero-order chi connectivity index (χ0) is 14.0. The summed E-state index contributed by atoms with van der Waals surface area (Å²) in [6.07, 6.45) is 2.12. The highest BCUT2D eigenvalue weighted by molar-refractivity contribution is 5.88. The maximum absolute atomic E-state index is 11.3. The normalized spacial score (nSPS) is 10.9. The summed E-state index contributed by atoms with van der Waals surface area (Å²) in [7, 11) is 0. The molecule has 0 aliphatic rings. The minimum absolute atomic E-state index is 0.287. The van der Waals surface area contributed by atoms with Gasteiger partial charge >= 0.3 is 5.97 Å². The first-order valence-corrected chi connectivity index (χ1v) is 6.36. The average Bonchev–Trinajstić information content (AvgIpc) is 2.71. The monoisotopic (exact) mass is 258 g/mol. The molecule has 0 aliphatic carbocycles. The van der Waals surface area contributed by atoms with Crippen LogP contribution in [0.4, 0.5) is 0 Å². The average molecular weight is 258 g/mol. The summed E-state index contributed by atoms with van der Waals surface area (Å²) < 4.78 is 1.73. The Hall–Kier alpha value is -2.10. The van der Waals surface area contributed by atoms with E-state index in [1.165, 1.54) is 6.20 Å². The maximum Gasteiger partial charge on any atom is 0.339 e. The zero-order valence-electron chi connectivity index (χ0n) is 11.4. The number of aromatic nitrogens is 2. The van der Waals surface area contributed by atoms with Crippen LogP contribution in [0.2, 0.25) is 0 Å². The Morgan fingerprint density at radius 2 is 2.16 bits per heavy atom. The number of nitrogens with zero attached hydrogens (tertiary/aromatic N) is 2. The lowest BCUT2D eigenvalue weighted by Gasteiger charge is -2.11. The van der Waals surface area contributed by atoms with Gasteiger partial charge in [0, 0.05) is 0 Å². The number of hydrogen-bond donors (Lipinski definition) is 1. The van der Waals surface area contributed by atoms with Crippen LogP contribution in [-0.2, 0) is 6.42 Å². The first-order valence-electron chi connectivity index (χ1n) is 6.36. The van der Waals surface area contributed by atoms with Crippen LogP contribution in [0.3, 0.4) is 0 Å². The molecule has 0 amide bonds. The molecule has 0 unspecified atom stereocenters. The van der Waals surface area contributed by atoms with Crippen molar-refractivity contribution in [2.75, 3.05) is 0 Å². The van der Waals surface area contributed by atoms with Crippen molar-refractivity contribution in [2.45, 2.75) is 27.2 Å². The van der Waals surface area contributed by atoms with E-state index in [1.807, 2.05) is 31.2 Å². The van der Waals surface area contributed by atoms with Crippen molar-refractivity contribution in [2.24, 2.45) is 5.92 Å². The number of hydrogen-bond acceptors (Lipinski definition) is 2. The minimum atomic E-state index is -0.922. The van der Waals surface area contributed by atoms with Crippen molar-refractivity contribution in [3.05, 3.63) is 47.3 Å². The lowest BCUT2D eigenvalue weighted by molar-refractivity contribution is 0.0695. The van der Waals surface area contributed by atoms with Gasteiger partial charge in [-0.3, -0.25) is 0 Å².